The molecule has 0 radical (unpaired) electrons. The SMILES string of the molecule is COC(=O)[C@@H](N)Cc1cccc(OC)n1. The molecule has 1 heterocycles. The number of hydrogen-bond acceptors (Lipinski definition) is 5. The summed E-state index contributed by atoms with van der Waals surface area (Å²) < 4.78 is 9.47. The van der Waals surface area contributed by atoms with Gasteiger partial charge in [0.2, 0.25) is 5.88 Å². The summed E-state index contributed by atoms with van der Waals surface area (Å²) in [6.45, 7) is 0. The highest BCUT2D eigenvalue weighted by Gasteiger charge is 2.14. The van der Waals surface area contributed by atoms with Crippen molar-refractivity contribution in [2.24, 2.45) is 5.73 Å². The summed E-state index contributed by atoms with van der Waals surface area (Å²) in [4.78, 5) is 15.2. The van der Waals surface area contributed by atoms with Crippen LogP contribution in [-0.2, 0) is 16.0 Å². The van der Waals surface area contributed by atoms with Crippen LogP contribution in [0.1, 0.15) is 5.69 Å². The number of carbonyl (C=O) groups excluding carboxylic acids is 1. The molecule has 0 aliphatic carbocycles. The number of methoxy groups -OCH3 is 2. The highest BCUT2D eigenvalue weighted by molar-refractivity contribution is 5.75. The van der Waals surface area contributed by atoms with Crippen LogP contribution in [0.2, 0.25) is 0 Å². The van der Waals surface area contributed by atoms with Crippen LogP contribution in [0.15, 0.2) is 18.2 Å². The van der Waals surface area contributed by atoms with E-state index in [1.807, 2.05) is 0 Å². The van der Waals surface area contributed by atoms with Crippen molar-refractivity contribution < 1.29 is 14.3 Å². The molecule has 82 valence electrons. The summed E-state index contributed by atoms with van der Waals surface area (Å²) in [7, 11) is 2.84. The van der Waals surface area contributed by atoms with Gasteiger partial charge < -0.3 is 15.2 Å². The number of hydrogen-bond donors (Lipinski definition) is 1. The summed E-state index contributed by atoms with van der Waals surface area (Å²) >= 11 is 0. The van der Waals surface area contributed by atoms with Gasteiger partial charge in [-0.3, -0.25) is 4.79 Å². The molecule has 0 fully saturated rings. The molecule has 0 saturated carbocycles. The highest BCUT2D eigenvalue weighted by atomic mass is 16.5. The Hall–Kier alpha value is -1.62. The first-order chi connectivity index (χ1) is 7.17. The monoisotopic (exact) mass is 210 g/mol. The zero-order valence-electron chi connectivity index (χ0n) is 8.77. The molecule has 0 amide bonds. The molecule has 0 bridgehead atoms. The average Bonchev–Trinajstić information content (AvgIpc) is 2.28. The van der Waals surface area contributed by atoms with Gasteiger partial charge in [0, 0.05) is 18.2 Å². The third kappa shape index (κ3) is 3.21. The first-order valence-electron chi connectivity index (χ1n) is 4.50. The molecule has 0 aliphatic heterocycles. The molecule has 15 heavy (non-hydrogen) atoms. The van der Waals surface area contributed by atoms with Crippen LogP contribution in [0.4, 0.5) is 0 Å². The Kier molecular flexibility index (Phi) is 4.05. The minimum atomic E-state index is -0.686. The quantitative estimate of drug-likeness (QED) is 0.715. The van der Waals surface area contributed by atoms with E-state index in [1.54, 1.807) is 18.2 Å². The Morgan fingerprint density at radius 3 is 2.87 bits per heavy atom. The van der Waals surface area contributed by atoms with Crippen LogP contribution in [0.3, 0.4) is 0 Å². The molecular weight excluding hydrogens is 196 g/mol. The first kappa shape index (κ1) is 11.5. The zero-order valence-corrected chi connectivity index (χ0v) is 8.77. The smallest absolute Gasteiger partial charge is 0.323 e. The predicted octanol–water partition coefficient (Wildman–Crippen LogP) is 0.133. The number of ether oxygens (including phenoxy) is 2. The molecule has 1 atom stereocenters. The molecule has 5 heteroatoms. The fourth-order valence-electron chi connectivity index (χ4n) is 1.14. The number of nitrogens with two attached hydrogens (primary N) is 1. The van der Waals surface area contributed by atoms with Crippen LogP contribution >= 0.6 is 0 Å². The van der Waals surface area contributed by atoms with Crippen molar-refractivity contribution in [1.82, 2.24) is 4.98 Å². The number of pyridine rings is 1. The molecule has 0 aromatic carbocycles. The van der Waals surface area contributed by atoms with E-state index in [0.29, 0.717) is 18.0 Å². The second-order valence-electron chi connectivity index (χ2n) is 3.01. The van der Waals surface area contributed by atoms with E-state index in [0.717, 1.165) is 0 Å². The van der Waals surface area contributed by atoms with Crippen molar-refractivity contribution >= 4 is 5.97 Å². The second kappa shape index (κ2) is 5.31. The van der Waals surface area contributed by atoms with Gasteiger partial charge in [0.1, 0.15) is 6.04 Å². The molecule has 5 nitrogen and oxygen atoms in total. The minimum Gasteiger partial charge on any atom is -0.481 e. The second-order valence-corrected chi connectivity index (χ2v) is 3.01. The van der Waals surface area contributed by atoms with Gasteiger partial charge in [0.25, 0.3) is 0 Å². The van der Waals surface area contributed by atoms with E-state index < -0.39 is 12.0 Å². The van der Waals surface area contributed by atoms with Crippen molar-refractivity contribution in [3.63, 3.8) is 0 Å². The standard InChI is InChI=1S/C10H14N2O3/c1-14-9-5-3-4-7(12-9)6-8(11)10(13)15-2/h3-5,8H,6,11H2,1-2H3/t8-/m0/s1. The van der Waals surface area contributed by atoms with Crippen molar-refractivity contribution in [2.75, 3.05) is 14.2 Å². The largest absolute Gasteiger partial charge is 0.481 e. The van der Waals surface area contributed by atoms with Crippen LogP contribution < -0.4 is 10.5 Å². The molecule has 0 saturated heterocycles. The van der Waals surface area contributed by atoms with E-state index >= 15 is 0 Å². The third-order valence-corrected chi connectivity index (χ3v) is 1.92. The lowest BCUT2D eigenvalue weighted by Gasteiger charge is -2.08. The molecule has 1 rings (SSSR count). The fourth-order valence-corrected chi connectivity index (χ4v) is 1.14. The molecule has 1 aromatic rings. The van der Waals surface area contributed by atoms with Crippen LogP contribution in [0.25, 0.3) is 0 Å². The molecule has 1 aromatic heterocycles. The average molecular weight is 210 g/mol. The summed E-state index contributed by atoms with van der Waals surface area (Å²) in [6, 6.07) is 4.62. The summed E-state index contributed by atoms with van der Waals surface area (Å²) in [5.74, 6) is 0.0594. The predicted molar refractivity (Wildman–Crippen MR) is 54.5 cm³/mol. The highest BCUT2D eigenvalue weighted by Crippen LogP contribution is 2.08. The Morgan fingerprint density at radius 1 is 1.53 bits per heavy atom. The normalized spacial score (nSPS) is 11.9. The van der Waals surface area contributed by atoms with E-state index in [9.17, 15) is 4.79 Å². The molecule has 0 spiro atoms. The van der Waals surface area contributed by atoms with Gasteiger partial charge in [0.05, 0.1) is 14.2 Å². The lowest BCUT2D eigenvalue weighted by Crippen LogP contribution is -2.33. The van der Waals surface area contributed by atoms with Gasteiger partial charge in [0.15, 0.2) is 0 Å². The number of esters is 1. The van der Waals surface area contributed by atoms with Crippen LogP contribution in [0.5, 0.6) is 5.88 Å². The van der Waals surface area contributed by atoms with Crippen LogP contribution in [-0.4, -0.2) is 31.2 Å². The zero-order chi connectivity index (χ0) is 11.3. The number of aromatic nitrogens is 1. The Labute approximate surface area is 88.2 Å². The number of rotatable bonds is 4. The van der Waals surface area contributed by atoms with E-state index in [1.165, 1.54) is 14.2 Å². The maximum Gasteiger partial charge on any atom is 0.323 e. The Morgan fingerprint density at radius 2 is 2.27 bits per heavy atom. The topological polar surface area (TPSA) is 74.4 Å². The Bertz CT molecular complexity index is 341. The van der Waals surface area contributed by atoms with Crippen molar-refractivity contribution in [2.45, 2.75) is 12.5 Å². The van der Waals surface area contributed by atoms with E-state index in [4.69, 9.17) is 10.5 Å². The van der Waals surface area contributed by atoms with Crippen molar-refractivity contribution in [3.8, 4) is 5.88 Å². The molecule has 0 aliphatic rings. The van der Waals surface area contributed by atoms with Gasteiger partial charge >= 0.3 is 5.97 Å². The number of carbonyl (C=O) groups is 1. The van der Waals surface area contributed by atoms with Gasteiger partial charge in [-0.2, -0.15) is 0 Å². The van der Waals surface area contributed by atoms with Gasteiger partial charge in [-0.15, -0.1) is 0 Å². The van der Waals surface area contributed by atoms with E-state index in [-0.39, 0.29) is 0 Å². The van der Waals surface area contributed by atoms with Crippen LogP contribution in [0, 0.1) is 0 Å². The molecule has 0 unspecified atom stereocenters. The van der Waals surface area contributed by atoms with E-state index in [2.05, 4.69) is 9.72 Å². The lowest BCUT2D eigenvalue weighted by atomic mass is 10.1. The third-order valence-electron chi connectivity index (χ3n) is 1.92. The summed E-state index contributed by atoms with van der Waals surface area (Å²) in [5.41, 5.74) is 6.30. The van der Waals surface area contributed by atoms with Crippen molar-refractivity contribution in [3.05, 3.63) is 23.9 Å². The minimum absolute atomic E-state index is 0.337. The molecule has 2 N–H and O–H groups in total. The maximum absolute atomic E-state index is 11.1. The summed E-state index contributed by atoms with van der Waals surface area (Å²) in [6.07, 6.45) is 0.337. The first-order valence-corrected chi connectivity index (χ1v) is 4.50. The van der Waals surface area contributed by atoms with Crippen molar-refractivity contribution in [1.29, 1.82) is 0 Å². The lowest BCUT2D eigenvalue weighted by molar-refractivity contribution is -0.142. The van der Waals surface area contributed by atoms with Gasteiger partial charge in [-0.25, -0.2) is 4.98 Å². The fraction of sp³-hybridized carbons (Fsp3) is 0.400. The maximum atomic E-state index is 11.1. The number of nitrogens with zero attached hydrogens (tertiary/aromatic N) is 1. The van der Waals surface area contributed by atoms with Gasteiger partial charge in [-0.1, -0.05) is 6.07 Å². The Balaban J connectivity index is 2.67. The summed E-state index contributed by atoms with van der Waals surface area (Å²) in [5, 5.41) is 0. The van der Waals surface area contributed by atoms with Gasteiger partial charge in [-0.05, 0) is 6.07 Å². The molecular formula is C10H14N2O3.